The van der Waals surface area contributed by atoms with E-state index in [9.17, 15) is 18.0 Å². The fourth-order valence-corrected chi connectivity index (χ4v) is 3.75. The van der Waals surface area contributed by atoms with Crippen LogP contribution in [0.4, 0.5) is 0 Å². The second-order valence-corrected chi connectivity index (χ2v) is 8.32. The van der Waals surface area contributed by atoms with Gasteiger partial charge in [0.25, 0.3) is 5.91 Å². The summed E-state index contributed by atoms with van der Waals surface area (Å²) in [6, 6.07) is 8.98. The van der Waals surface area contributed by atoms with Crippen LogP contribution >= 0.6 is 0 Å². The number of esters is 1. The molecule has 10 heteroatoms. The fraction of sp³-hybridized carbons (Fsp3) is 0.300. The van der Waals surface area contributed by atoms with Crippen molar-refractivity contribution < 1.29 is 32.2 Å². The van der Waals surface area contributed by atoms with Crippen molar-refractivity contribution in [1.82, 2.24) is 5.32 Å². The van der Waals surface area contributed by atoms with E-state index in [0.717, 1.165) is 11.6 Å². The number of ether oxygens (including phenoxy) is 3. The number of benzene rings is 2. The SMILES string of the molecule is Cc1ccc(C(=O)OCC(=O)NC(C)c2ccc3c(c2)OCCO3)cc1S(N)(=O)=O. The normalized spacial score (nSPS) is 14.0. The van der Waals surface area contributed by atoms with E-state index in [1.165, 1.54) is 12.1 Å². The van der Waals surface area contributed by atoms with Gasteiger partial charge in [-0.1, -0.05) is 12.1 Å². The molecule has 0 saturated heterocycles. The molecule has 3 rings (SSSR count). The zero-order chi connectivity index (χ0) is 21.9. The molecule has 0 aliphatic carbocycles. The van der Waals surface area contributed by atoms with E-state index in [1.807, 2.05) is 6.07 Å². The van der Waals surface area contributed by atoms with Crippen LogP contribution in [0.3, 0.4) is 0 Å². The number of nitrogens with one attached hydrogen (secondary N) is 1. The lowest BCUT2D eigenvalue weighted by atomic mass is 10.1. The van der Waals surface area contributed by atoms with Crippen LogP contribution in [0.25, 0.3) is 0 Å². The minimum absolute atomic E-state index is 0.0164. The maximum atomic E-state index is 12.2. The number of amides is 1. The third kappa shape index (κ3) is 5.08. The molecule has 0 fully saturated rings. The van der Waals surface area contributed by atoms with Gasteiger partial charge < -0.3 is 19.5 Å². The lowest BCUT2D eigenvalue weighted by Gasteiger charge is -2.21. The summed E-state index contributed by atoms with van der Waals surface area (Å²) >= 11 is 0. The molecule has 1 unspecified atom stereocenters. The third-order valence-electron chi connectivity index (χ3n) is 4.51. The van der Waals surface area contributed by atoms with Gasteiger partial charge >= 0.3 is 5.97 Å². The number of carbonyl (C=O) groups is 2. The molecule has 1 heterocycles. The molecular weight excluding hydrogens is 412 g/mol. The number of carbonyl (C=O) groups excluding carboxylic acids is 2. The lowest BCUT2D eigenvalue weighted by molar-refractivity contribution is -0.124. The number of hydrogen-bond donors (Lipinski definition) is 2. The van der Waals surface area contributed by atoms with Gasteiger partial charge in [0.15, 0.2) is 18.1 Å². The van der Waals surface area contributed by atoms with Crippen molar-refractivity contribution in [3.8, 4) is 11.5 Å². The first kappa shape index (κ1) is 21.6. The highest BCUT2D eigenvalue weighted by Crippen LogP contribution is 2.32. The lowest BCUT2D eigenvalue weighted by Crippen LogP contribution is -2.31. The van der Waals surface area contributed by atoms with Crippen molar-refractivity contribution in [2.24, 2.45) is 5.14 Å². The summed E-state index contributed by atoms with van der Waals surface area (Å²) in [5.41, 5.74) is 1.19. The Morgan fingerprint density at radius 3 is 2.53 bits per heavy atom. The molecule has 3 N–H and O–H groups in total. The number of rotatable bonds is 6. The number of hydrogen-bond acceptors (Lipinski definition) is 7. The highest BCUT2D eigenvalue weighted by atomic mass is 32.2. The maximum Gasteiger partial charge on any atom is 0.338 e. The highest BCUT2D eigenvalue weighted by molar-refractivity contribution is 7.89. The zero-order valence-electron chi connectivity index (χ0n) is 16.5. The maximum absolute atomic E-state index is 12.2. The number of sulfonamides is 1. The molecule has 0 aromatic heterocycles. The van der Waals surface area contributed by atoms with E-state index in [2.05, 4.69) is 5.32 Å². The minimum atomic E-state index is -3.98. The molecule has 1 aliphatic rings. The Morgan fingerprint density at radius 2 is 1.83 bits per heavy atom. The molecular formula is C20H22N2O7S. The smallest absolute Gasteiger partial charge is 0.338 e. The fourth-order valence-electron chi connectivity index (χ4n) is 2.94. The van der Waals surface area contributed by atoms with Gasteiger partial charge in [0.05, 0.1) is 16.5 Å². The van der Waals surface area contributed by atoms with Crippen molar-refractivity contribution in [3.63, 3.8) is 0 Å². The van der Waals surface area contributed by atoms with Crippen LogP contribution in [0.2, 0.25) is 0 Å². The minimum Gasteiger partial charge on any atom is -0.486 e. The molecule has 160 valence electrons. The van der Waals surface area contributed by atoms with E-state index in [1.54, 1.807) is 26.0 Å². The molecule has 2 aromatic carbocycles. The number of fused-ring (bicyclic) bond motifs is 1. The van der Waals surface area contributed by atoms with E-state index < -0.39 is 28.5 Å². The summed E-state index contributed by atoms with van der Waals surface area (Å²) < 4.78 is 39.2. The van der Waals surface area contributed by atoms with Crippen molar-refractivity contribution >= 4 is 21.9 Å². The van der Waals surface area contributed by atoms with Gasteiger partial charge in [0.2, 0.25) is 10.0 Å². The van der Waals surface area contributed by atoms with E-state index in [-0.39, 0.29) is 16.5 Å². The molecule has 0 radical (unpaired) electrons. The topological polar surface area (TPSA) is 134 Å². The Kier molecular flexibility index (Phi) is 6.28. The Labute approximate surface area is 174 Å². The van der Waals surface area contributed by atoms with Gasteiger partial charge in [-0.05, 0) is 49.2 Å². The summed E-state index contributed by atoms with van der Waals surface area (Å²) in [5.74, 6) is -0.0859. The summed E-state index contributed by atoms with van der Waals surface area (Å²) in [4.78, 5) is 24.2. The van der Waals surface area contributed by atoms with Crippen LogP contribution < -0.4 is 19.9 Å². The molecule has 0 spiro atoms. The Hall–Kier alpha value is -3.11. The first-order valence-corrected chi connectivity index (χ1v) is 10.7. The molecule has 9 nitrogen and oxygen atoms in total. The molecule has 0 saturated carbocycles. The second-order valence-electron chi connectivity index (χ2n) is 6.79. The summed E-state index contributed by atoms with van der Waals surface area (Å²) in [6.07, 6.45) is 0. The van der Waals surface area contributed by atoms with Crippen molar-refractivity contribution in [1.29, 1.82) is 0 Å². The Bertz CT molecular complexity index is 1080. The molecule has 1 aliphatic heterocycles. The Balaban J connectivity index is 1.58. The van der Waals surface area contributed by atoms with Crippen molar-refractivity contribution in [2.45, 2.75) is 24.8 Å². The van der Waals surface area contributed by atoms with Crippen LogP contribution in [0, 0.1) is 6.92 Å². The Morgan fingerprint density at radius 1 is 1.13 bits per heavy atom. The second kappa shape index (κ2) is 8.72. The van der Waals surface area contributed by atoms with Gasteiger partial charge in [-0.2, -0.15) is 0 Å². The quantitative estimate of drug-likeness (QED) is 0.657. The third-order valence-corrected chi connectivity index (χ3v) is 5.56. The molecule has 0 bridgehead atoms. The van der Waals surface area contributed by atoms with Gasteiger partial charge in [0, 0.05) is 0 Å². The highest BCUT2D eigenvalue weighted by Gasteiger charge is 2.19. The predicted octanol–water partition coefficient (Wildman–Crippen LogP) is 1.45. The van der Waals surface area contributed by atoms with Crippen molar-refractivity contribution in [3.05, 3.63) is 53.1 Å². The first-order chi connectivity index (χ1) is 14.1. The molecule has 1 amide bonds. The van der Waals surface area contributed by atoms with Crippen LogP contribution in [-0.4, -0.2) is 40.1 Å². The van der Waals surface area contributed by atoms with Crippen LogP contribution in [0.15, 0.2) is 41.3 Å². The monoisotopic (exact) mass is 434 g/mol. The standard InChI is InChI=1S/C20H22N2O7S/c1-12-3-4-15(10-18(12)30(21,25)26)20(24)29-11-19(23)22-13(2)14-5-6-16-17(9-14)28-8-7-27-16/h3-6,9-10,13H,7-8,11H2,1-2H3,(H,22,23)(H2,21,25,26). The summed E-state index contributed by atoms with van der Waals surface area (Å²) in [6.45, 7) is 3.76. The molecule has 1 atom stereocenters. The van der Waals surface area contributed by atoms with Crippen LogP contribution in [0.5, 0.6) is 11.5 Å². The number of nitrogens with two attached hydrogens (primary N) is 1. The largest absolute Gasteiger partial charge is 0.486 e. The first-order valence-electron chi connectivity index (χ1n) is 9.14. The summed E-state index contributed by atoms with van der Waals surface area (Å²) in [5, 5.41) is 7.87. The number of aryl methyl sites for hydroxylation is 1. The zero-order valence-corrected chi connectivity index (χ0v) is 17.3. The van der Waals surface area contributed by atoms with Crippen molar-refractivity contribution in [2.75, 3.05) is 19.8 Å². The predicted molar refractivity (Wildman–Crippen MR) is 107 cm³/mol. The average Bonchev–Trinajstić information content (AvgIpc) is 2.71. The van der Waals surface area contributed by atoms with E-state index >= 15 is 0 Å². The van der Waals surface area contributed by atoms with E-state index in [4.69, 9.17) is 19.3 Å². The number of primary sulfonamides is 1. The van der Waals surface area contributed by atoms with Gasteiger partial charge in [-0.25, -0.2) is 18.4 Å². The van der Waals surface area contributed by atoms with E-state index in [0.29, 0.717) is 30.3 Å². The molecule has 2 aromatic rings. The molecule has 30 heavy (non-hydrogen) atoms. The van der Waals surface area contributed by atoms with Gasteiger partial charge in [-0.15, -0.1) is 0 Å². The summed E-state index contributed by atoms with van der Waals surface area (Å²) in [7, 11) is -3.98. The van der Waals surface area contributed by atoms with Gasteiger partial charge in [-0.3, -0.25) is 4.79 Å². The average molecular weight is 434 g/mol. The van der Waals surface area contributed by atoms with Crippen LogP contribution in [-0.2, 0) is 19.6 Å². The van der Waals surface area contributed by atoms with Crippen LogP contribution in [0.1, 0.15) is 34.5 Å². The van der Waals surface area contributed by atoms with Gasteiger partial charge in [0.1, 0.15) is 13.2 Å².